The number of hydrogen-bond donors (Lipinski definition) is 1. The summed E-state index contributed by atoms with van der Waals surface area (Å²) >= 11 is 6.13. The number of carbonyl (C=O) groups is 1. The third-order valence-corrected chi connectivity index (χ3v) is 6.03. The van der Waals surface area contributed by atoms with Crippen LogP contribution in [0.1, 0.15) is 35.6 Å². The minimum atomic E-state index is -0.723. The number of hydrogen-bond acceptors (Lipinski definition) is 3. The van der Waals surface area contributed by atoms with E-state index in [1.54, 1.807) is 0 Å². The lowest BCUT2D eigenvalue weighted by molar-refractivity contribution is -0.143. The summed E-state index contributed by atoms with van der Waals surface area (Å²) < 4.78 is 6.05. The van der Waals surface area contributed by atoms with Crippen molar-refractivity contribution in [2.75, 3.05) is 13.1 Å². The average molecular weight is 436 g/mol. The molecule has 3 aromatic rings. The Morgan fingerprint density at radius 2 is 1.81 bits per heavy atom. The summed E-state index contributed by atoms with van der Waals surface area (Å²) in [6, 6.07) is 25.9. The molecule has 5 heteroatoms. The van der Waals surface area contributed by atoms with Crippen LogP contribution in [0, 0.1) is 5.92 Å². The van der Waals surface area contributed by atoms with E-state index < -0.39 is 5.97 Å². The number of carboxylic acids is 1. The van der Waals surface area contributed by atoms with Gasteiger partial charge in [-0.25, -0.2) is 0 Å². The first-order valence-corrected chi connectivity index (χ1v) is 11.0. The summed E-state index contributed by atoms with van der Waals surface area (Å²) in [6.45, 7) is 1.88. The molecule has 0 aliphatic carbocycles. The molecular formula is C26H26ClNO3. The Hall–Kier alpha value is -2.82. The lowest BCUT2D eigenvalue weighted by Crippen LogP contribution is -2.41. The summed E-state index contributed by atoms with van der Waals surface area (Å²) in [5, 5.41) is 10.3. The first kappa shape index (κ1) is 21.4. The molecule has 31 heavy (non-hydrogen) atoms. The molecule has 1 heterocycles. The van der Waals surface area contributed by atoms with Crippen molar-refractivity contribution in [2.24, 2.45) is 5.92 Å². The van der Waals surface area contributed by atoms with E-state index in [-0.39, 0.29) is 12.0 Å². The largest absolute Gasteiger partial charge is 0.489 e. The molecule has 0 amide bonds. The molecule has 4 rings (SSSR count). The van der Waals surface area contributed by atoms with Crippen LogP contribution in [0.2, 0.25) is 5.02 Å². The number of nitrogens with zero attached hydrogens (tertiary/aromatic N) is 1. The van der Waals surface area contributed by atoms with Gasteiger partial charge in [-0.1, -0.05) is 66.2 Å². The molecule has 4 nitrogen and oxygen atoms in total. The Bertz CT molecular complexity index is 1010. The van der Waals surface area contributed by atoms with Crippen molar-refractivity contribution in [3.63, 3.8) is 0 Å². The van der Waals surface area contributed by atoms with Crippen molar-refractivity contribution >= 4 is 17.6 Å². The highest BCUT2D eigenvalue weighted by atomic mass is 35.5. The fourth-order valence-electron chi connectivity index (χ4n) is 4.22. The van der Waals surface area contributed by atoms with E-state index >= 15 is 0 Å². The standard InChI is InChI=1S/C26H26ClNO3/c27-23-13-11-20(12-14-23)25(28-15-5-9-22(17-28)26(29)30)21-8-4-10-24(16-21)31-18-19-6-2-1-3-7-19/h1-4,6-8,10-14,16,22,25H,5,9,15,17-18H2,(H,29,30). The zero-order valence-electron chi connectivity index (χ0n) is 17.3. The van der Waals surface area contributed by atoms with E-state index in [1.807, 2.05) is 66.7 Å². The molecule has 1 fully saturated rings. The highest BCUT2D eigenvalue weighted by Crippen LogP contribution is 2.34. The fraction of sp³-hybridized carbons (Fsp3) is 0.269. The van der Waals surface area contributed by atoms with Gasteiger partial charge in [0.1, 0.15) is 12.4 Å². The lowest BCUT2D eigenvalue weighted by Gasteiger charge is -2.37. The van der Waals surface area contributed by atoms with E-state index in [0.717, 1.165) is 41.8 Å². The topological polar surface area (TPSA) is 49.8 Å². The Morgan fingerprint density at radius 3 is 2.55 bits per heavy atom. The third kappa shape index (κ3) is 5.46. The van der Waals surface area contributed by atoms with E-state index in [1.165, 1.54) is 0 Å². The molecule has 1 N–H and O–H groups in total. The molecule has 160 valence electrons. The monoisotopic (exact) mass is 435 g/mol. The number of carboxylic acid groups (broad SMARTS) is 1. The predicted octanol–water partition coefficient (Wildman–Crippen LogP) is 5.81. The molecule has 0 radical (unpaired) electrons. The molecule has 0 spiro atoms. The first-order chi connectivity index (χ1) is 15.1. The third-order valence-electron chi connectivity index (χ3n) is 5.78. The smallest absolute Gasteiger partial charge is 0.307 e. The normalized spacial score (nSPS) is 17.8. The van der Waals surface area contributed by atoms with E-state index in [2.05, 4.69) is 17.0 Å². The van der Waals surface area contributed by atoms with Crippen LogP contribution >= 0.6 is 11.6 Å². The number of halogens is 1. The summed E-state index contributed by atoms with van der Waals surface area (Å²) in [4.78, 5) is 13.9. The molecule has 1 saturated heterocycles. The van der Waals surface area contributed by atoms with Crippen LogP contribution in [0.5, 0.6) is 5.75 Å². The molecule has 1 aliphatic rings. The number of rotatable bonds is 7. The van der Waals surface area contributed by atoms with Gasteiger partial charge in [0, 0.05) is 11.6 Å². The van der Waals surface area contributed by atoms with Gasteiger partial charge < -0.3 is 9.84 Å². The van der Waals surface area contributed by atoms with Crippen LogP contribution in [0.15, 0.2) is 78.9 Å². The highest BCUT2D eigenvalue weighted by Gasteiger charge is 2.31. The van der Waals surface area contributed by atoms with E-state index in [0.29, 0.717) is 18.2 Å². The second-order valence-electron chi connectivity index (χ2n) is 7.97. The molecule has 1 aliphatic heterocycles. The number of piperidine rings is 1. The van der Waals surface area contributed by atoms with Crippen LogP contribution in [-0.2, 0) is 11.4 Å². The zero-order chi connectivity index (χ0) is 21.6. The maximum absolute atomic E-state index is 11.7. The molecule has 0 bridgehead atoms. The number of likely N-dealkylation sites (tertiary alicyclic amines) is 1. The maximum Gasteiger partial charge on any atom is 0.307 e. The molecular weight excluding hydrogens is 410 g/mol. The van der Waals surface area contributed by atoms with Crippen molar-refractivity contribution in [2.45, 2.75) is 25.5 Å². The van der Waals surface area contributed by atoms with Gasteiger partial charge in [0.2, 0.25) is 0 Å². The Kier molecular flexibility index (Phi) is 6.90. The SMILES string of the molecule is O=C(O)C1CCCN(C(c2ccc(Cl)cc2)c2cccc(OCc3ccccc3)c2)C1. The van der Waals surface area contributed by atoms with Crippen LogP contribution in [-0.4, -0.2) is 29.1 Å². The maximum atomic E-state index is 11.7. The predicted molar refractivity (Wildman–Crippen MR) is 122 cm³/mol. The van der Waals surface area contributed by atoms with Crippen LogP contribution < -0.4 is 4.74 Å². The lowest BCUT2D eigenvalue weighted by atomic mass is 9.91. The van der Waals surface area contributed by atoms with E-state index in [9.17, 15) is 9.90 Å². The van der Waals surface area contributed by atoms with Crippen LogP contribution in [0.3, 0.4) is 0 Å². The molecule has 3 aromatic carbocycles. The summed E-state index contributed by atoms with van der Waals surface area (Å²) in [5.74, 6) is -0.271. The minimum absolute atomic E-state index is 0.0558. The number of aliphatic carboxylic acids is 1. The highest BCUT2D eigenvalue weighted by molar-refractivity contribution is 6.30. The van der Waals surface area contributed by atoms with Crippen molar-refractivity contribution in [3.8, 4) is 5.75 Å². The summed E-state index contributed by atoms with van der Waals surface area (Å²) in [7, 11) is 0. The number of ether oxygens (including phenoxy) is 1. The van der Waals surface area contributed by atoms with Crippen molar-refractivity contribution in [1.82, 2.24) is 4.90 Å². The van der Waals surface area contributed by atoms with Gasteiger partial charge in [0.15, 0.2) is 0 Å². The second-order valence-corrected chi connectivity index (χ2v) is 8.41. The average Bonchev–Trinajstić information content (AvgIpc) is 2.80. The van der Waals surface area contributed by atoms with Gasteiger partial charge in [-0.05, 0) is 60.3 Å². The van der Waals surface area contributed by atoms with Crippen molar-refractivity contribution < 1.29 is 14.6 Å². The van der Waals surface area contributed by atoms with Gasteiger partial charge in [0.05, 0.1) is 12.0 Å². The van der Waals surface area contributed by atoms with Gasteiger partial charge in [0.25, 0.3) is 0 Å². The molecule has 2 unspecified atom stereocenters. The van der Waals surface area contributed by atoms with Gasteiger partial charge in [-0.15, -0.1) is 0 Å². The van der Waals surface area contributed by atoms with Crippen molar-refractivity contribution in [3.05, 3.63) is 101 Å². The molecule has 0 aromatic heterocycles. The van der Waals surface area contributed by atoms with Crippen LogP contribution in [0.4, 0.5) is 0 Å². The van der Waals surface area contributed by atoms with Crippen LogP contribution in [0.25, 0.3) is 0 Å². The van der Waals surface area contributed by atoms with Gasteiger partial charge in [-0.3, -0.25) is 9.69 Å². The zero-order valence-corrected chi connectivity index (χ0v) is 18.0. The Morgan fingerprint density at radius 1 is 1.03 bits per heavy atom. The quantitative estimate of drug-likeness (QED) is 0.509. The summed E-state index contributed by atoms with van der Waals surface area (Å²) in [5.41, 5.74) is 3.29. The Balaban J connectivity index is 1.62. The minimum Gasteiger partial charge on any atom is -0.489 e. The van der Waals surface area contributed by atoms with Gasteiger partial charge in [-0.2, -0.15) is 0 Å². The van der Waals surface area contributed by atoms with Gasteiger partial charge >= 0.3 is 5.97 Å². The van der Waals surface area contributed by atoms with E-state index in [4.69, 9.17) is 16.3 Å². The second kappa shape index (κ2) is 9.99. The molecule has 0 saturated carbocycles. The fourth-order valence-corrected chi connectivity index (χ4v) is 4.34. The first-order valence-electron chi connectivity index (χ1n) is 10.6. The molecule has 2 atom stereocenters. The Labute approximate surface area is 188 Å². The summed E-state index contributed by atoms with van der Waals surface area (Å²) in [6.07, 6.45) is 1.59. The number of benzene rings is 3. The van der Waals surface area contributed by atoms with Crippen molar-refractivity contribution in [1.29, 1.82) is 0 Å².